The van der Waals surface area contributed by atoms with Crippen LogP contribution in [0, 0.1) is 0 Å². The van der Waals surface area contributed by atoms with E-state index >= 15 is 0 Å². The Kier molecular flexibility index (Phi) is 18.2. The molecule has 0 aliphatic carbocycles. The Bertz CT molecular complexity index is 862. The molecule has 3 heterocycles. The normalized spacial score (nSPS) is 20.0. The summed E-state index contributed by atoms with van der Waals surface area (Å²) in [5.74, 6) is 0. The van der Waals surface area contributed by atoms with Crippen molar-refractivity contribution in [3.05, 3.63) is 18.2 Å². The maximum atomic E-state index is 12.8. The van der Waals surface area contributed by atoms with Crippen LogP contribution < -0.4 is 0 Å². The maximum absolute atomic E-state index is 12.8. The molecule has 0 saturated carbocycles. The quantitative estimate of drug-likeness (QED) is 0.178. The second-order valence-electron chi connectivity index (χ2n) is 10.2. The molecule has 0 unspecified atom stereocenters. The molecule has 42 heavy (non-hydrogen) atoms. The lowest BCUT2D eigenvalue weighted by atomic mass is 10.2. The second kappa shape index (κ2) is 21.2. The highest BCUT2D eigenvalue weighted by Gasteiger charge is 2.19. The molecule has 15 heteroatoms. The Labute approximate surface area is 288 Å². The molecule has 0 spiro atoms. The average molecular weight is 742 g/mol. The van der Waals surface area contributed by atoms with Gasteiger partial charge in [-0.15, -0.1) is 0 Å². The van der Waals surface area contributed by atoms with E-state index in [-0.39, 0.29) is 13.3 Å². The molecule has 6 nitrogen and oxygen atoms in total. The minimum atomic E-state index is 0.0889. The highest BCUT2D eigenvalue weighted by molar-refractivity contribution is 8.86. The Morgan fingerprint density at radius 2 is 0.643 bits per heavy atom. The third-order valence-electron chi connectivity index (χ3n) is 6.78. The molecule has 0 aromatic heterocycles. The molecule has 0 atom stereocenters. The van der Waals surface area contributed by atoms with Crippen molar-refractivity contribution in [3.63, 3.8) is 0 Å². The Morgan fingerprint density at radius 3 is 0.881 bits per heavy atom. The van der Waals surface area contributed by atoms with Gasteiger partial charge in [0.2, 0.25) is 0 Å². The number of hydrogen-bond donors (Lipinski definition) is 0. The largest absolute Gasteiger partial charge is 0.272 e. The summed E-state index contributed by atoms with van der Waals surface area (Å²) in [6, 6.07) is 6.14. The Hall–Kier alpha value is 1.26. The summed E-state index contributed by atoms with van der Waals surface area (Å²) in [4.78, 5) is 41.2. The third kappa shape index (κ3) is 14.8. The summed E-state index contributed by atoms with van der Waals surface area (Å²) >= 11 is 4.02. The predicted molar refractivity (Wildman–Crippen MR) is 196 cm³/mol. The van der Waals surface area contributed by atoms with E-state index in [1.165, 1.54) is 139 Å². The van der Waals surface area contributed by atoms with Crippen molar-refractivity contribution in [2.45, 2.75) is 91.7 Å². The average Bonchev–Trinajstić information content (AvgIpc) is 3.51. The van der Waals surface area contributed by atoms with Crippen molar-refractivity contribution in [1.29, 1.82) is 0 Å². The van der Waals surface area contributed by atoms with Crippen LogP contribution in [-0.2, 0) is 0 Å². The zero-order valence-electron chi connectivity index (χ0n) is 23.7. The first-order valence-corrected chi connectivity index (χ1v) is 23.4. The van der Waals surface area contributed by atoms with Gasteiger partial charge in [0.25, 0.3) is 13.3 Å². The van der Waals surface area contributed by atoms with Crippen LogP contribution in [0.3, 0.4) is 0 Å². The second-order valence-corrected chi connectivity index (χ2v) is 20.7. The van der Waals surface area contributed by atoms with E-state index < -0.39 is 0 Å². The summed E-state index contributed by atoms with van der Waals surface area (Å²) in [5, 5.41) is 0. The lowest BCUT2D eigenvalue weighted by Gasteiger charge is -2.17. The first-order valence-electron chi connectivity index (χ1n) is 14.6. The summed E-state index contributed by atoms with van der Waals surface area (Å²) in [7, 11) is 8.15. The molecule has 0 radical (unpaired) electrons. The van der Waals surface area contributed by atoms with E-state index in [0.717, 1.165) is 92.5 Å². The van der Waals surface area contributed by atoms with Gasteiger partial charge in [0.05, 0.1) is 0 Å². The third-order valence-corrected chi connectivity index (χ3v) is 17.3. The number of benzene rings is 1. The molecule has 1 aromatic rings. The van der Waals surface area contributed by atoms with Gasteiger partial charge < -0.3 is 0 Å². The van der Waals surface area contributed by atoms with Gasteiger partial charge in [-0.2, -0.15) is 0 Å². The maximum Gasteiger partial charge on any atom is 0.271 e. The monoisotopic (exact) mass is 741 g/mol. The van der Waals surface area contributed by atoms with Crippen LogP contribution in [0.25, 0.3) is 0 Å². The SMILES string of the molecule is O=C(SSc1cc(SSC(=O)SN2CCCCCC2)cc(SSC(=O)SN2CCCCCC2)c1)SN1CCCCCC1. The molecular weight excluding hydrogens is 703 g/mol. The van der Waals surface area contributed by atoms with Crippen molar-refractivity contribution in [3.8, 4) is 0 Å². The number of rotatable bonds is 9. The first kappa shape index (κ1) is 36.1. The lowest BCUT2D eigenvalue weighted by Crippen LogP contribution is -2.17. The van der Waals surface area contributed by atoms with Gasteiger partial charge in [-0.1, -0.05) is 38.5 Å². The predicted octanol–water partition coefficient (Wildman–Crippen LogP) is 11.8. The highest BCUT2D eigenvalue weighted by Crippen LogP contribution is 2.46. The summed E-state index contributed by atoms with van der Waals surface area (Å²) in [6.45, 7) is 5.81. The number of nitrogens with zero attached hydrogens (tertiary/aromatic N) is 3. The van der Waals surface area contributed by atoms with Gasteiger partial charge in [-0.3, -0.25) is 14.4 Å². The summed E-state index contributed by atoms with van der Waals surface area (Å²) in [5.41, 5.74) is 0. The van der Waals surface area contributed by atoms with Crippen LogP contribution in [0.2, 0.25) is 0 Å². The number of carbonyl (C=O) groups excluding carboxylic acids is 3. The lowest BCUT2D eigenvalue weighted by molar-refractivity contribution is 0.275. The molecule has 3 fully saturated rings. The van der Waals surface area contributed by atoms with Gasteiger partial charge in [-0.05, 0) is 121 Å². The molecular formula is C27H39N3O3S9. The zero-order chi connectivity index (χ0) is 29.4. The summed E-state index contributed by atoms with van der Waals surface area (Å²) in [6.07, 6.45) is 14.4. The van der Waals surface area contributed by atoms with Crippen molar-refractivity contribution in [2.24, 2.45) is 0 Å². The van der Waals surface area contributed by atoms with E-state index in [1.807, 2.05) is 18.2 Å². The molecule has 3 saturated heterocycles. The topological polar surface area (TPSA) is 60.9 Å². The minimum Gasteiger partial charge on any atom is -0.272 e. The highest BCUT2D eigenvalue weighted by atomic mass is 33.1. The van der Waals surface area contributed by atoms with Crippen LogP contribution in [0.5, 0.6) is 0 Å². The number of hydrogen-bond acceptors (Lipinski definition) is 15. The van der Waals surface area contributed by atoms with Gasteiger partial charge in [0.15, 0.2) is 0 Å². The van der Waals surface area contributed by atoms with E-state index in [4.69, 9.17) is 0 Å². The summed E-state index contributed by atoms with van der Waals surface area (Å²) < 4.78 is 6.86. The van der Waals surface area contributed by atoms with E-state index in [1.54, 1.807) is 0 Å². The fourth-order valence-corrected chi connectivity index (χ4v) is 13.8. The van der Waals surface area contributed by atoms with Crippen LogP contribution in [0.1, 0.15) is 77.0 Å². The first-order chi connectivity index (χ1) is 20.5. The van der Waals surface area contributed by atoms with Crippen molar-refractivity contribution in [1.82, 2.24) is 12.9 Å². The van der Waals surface area contributed by atoms with E-state index in [0.29, 0.717) is 0 Å². The molecule has 3 aliphatic rings. The molecule has 3 aliphatic heterocycles. The van der Waals surface area contributed by atoms with E-state index in [9.17, 15) is 14.4 Å². The standard InChI is InChI=1S/C27H39N3O3S9/c31-25(34-28-13-7-1-2-8-14-28)40-37-22-19-23(38-41-26(32)35-29-15-9-3-4-10-16-29)21-24(20-22)39-42-27(33)36-30-17-11-5-6-12-18-30/h19-21H,1-18H2. The minimum absolute atomic E-state index is 0.0889. The van der Waals surface area contributed by atoms with Gasteiger partial charge in [0.1, 0.15) is 0 Å². The fourth-order valence-electron chi connectivity index (χ4n) is 4.70. The van der Waals surface area contributed by atoms with Gasteiger partial charge >= 0.3 is 0 Å². The van der Waals surface area contributed by atoms with Gasteiger partial charge in [-0.25, -0.2) is 12.9 Å². The van der Waals surface area contributed by atoms with Crippen LogP contribution in [0.4, 0.5) is 14.4 Å². The zero-order valence-corrected chi connectivity index (χ0v) is 31.0. The van der Waals surface area contributed by atoms with Crippen LogP contribution >= 0.6 is 101 Å². The van der Waals surface area contributed by atoms with Crippen molar-refractivity contribution < 1.29 is 14.4 Å². The molecule has 0 bridgehead atoms. The van der Waals surface area contributed by atoms with Crippen LogP contribution in [-0.4, -0.2) is 65.5 Å². The fraction of sp³-hybridized carbons (Fsp3) is 0.667. The van der Waals surface area contributed by atoms with Gasteiger partial charge in [0, 0.05) is 89.8 Å². The van der Waals surface area contributed by atoms with E-state index in [2.05, 4.69) is 12.9 Å². The van der Waals surface area contributed by atoms with Crippen LogP contribution in [0.15, 0.2) is 32.9 Å². The number of carbonyl (C=O) groups is 3. The Balaban J connectivity index is 1.32. The van der Waals surface area contributed by atoms with Crippen molar-refractivity contribution in [2.75, 3.05) is 39.3 Å². The molecule has 0 amide bonds. The molecule has 1 aromatic carbocycles. The smallest absolute Gasteiger partial charge is 0.271 e. The molecule has 0 N–H and O–H groups in total. The van der Waals surface area contributed by atoms with Crippen molar-refractivity contribution >= 4 is 114 Å². The Morgan fingerprint density at radius 1 is 0.405 bits per heavy atom. The molecule has 4 rings (SSSR count). The molecule has 234 valence electrons.